The molecule has 2 rings (SSSR count). The quantitative estimate of drug-likeness (QED) is 0.944. The second-order valence-electron chi connectivity index (χ2n) is 4.45. The lowest BCUT2D eigenvalue weighted by Gasteiger charge is -2.14. The summed E-state index contributed by atoms with van der Waals surface area (Å²) in [6.45, 7) is 0. The zero-order valence-corrected chi connectivity index (χ0v) is 11.3. The zero-order valence-electron chi connectivity index (χ0n) is 11.3. The Balaban J connectivity index is 2.31. The summed E-state index contributed by atoms with van der Waals surface area (Å²) < 4.78 is 43.2. The number of benzene rings is 1. The molecule has 0 unspecified atom stereocenters. The van der Waals surface area contributed by atoms with E-state index >= 15 is 0 Å². The highest BCUT2D eigenvalue weighted by Gasteiger charge is 2.35. The summed E-state index contributed by atoms with van der Waals surface area (Å²) in [5.74, 6) is -1.55. The molecular formula is C13H13F3N4O. The van der Waals surface area contributed by atoms with Crippen LogP contribution in [0, 0.1) is 0 Å². The number of ether oxygens (including phenoxy) is 1. The molecule has 0 aliphatic heterocycles. The molecule has 0 fully saturated rings. The van der Waals surface area contributed by atoms with Gasteiger partial charge in [0.25, 0.3) is 0 Å². The van der Waals surface area contributed by atoms with E-state index in [1.165, 1.54) is 0 Å². The van der Waals surface area contributed by atoms with Crippen molar-refractivity contribution in [1.82, 2.24) is 9.97 Å². The first-order valence-corrected chi connectivity index (χ1v) is 5.93. The third-order valence-corrected chi connectivity index (χ3v) is 2.53. The highest BCUT2D eigenvalue weighted by atomic mass is 19.4. The van der Waals surface area contributed by atoms with E-state index in [1.807, 2.05) is 25.1 Å². The molecule has 1 heterocycles. The van der Waals surface area contributed by atoms with Crippen LogP contribution in [-0.2, 0) is 6.18 Å². The largest absolute Gasteiger partial charge is 0.451 e. The average Bonchev–Trinajstić information content (AvgIpc) is 2.37. The molecule has 0 atom stereocenters. The molecule has 1 aromatic heterocycles. The van der Waals surface area contributed by atoms with E-state index in [-0.39, 0.29) is 11.7 Å². The topological polar surface area (TPSA) is 64.3 Å². The predicted octanol–water partition coefficient (Wildman–Crippen LogP) is 2.94. The van der Waals surface area contributed by atoms with E-state index in [2.05, 4.69) is 9.97 Å². The Morgan fingerprint density at radius 1 is 1.14 bits per heavy atom. The van der Waals surface area contributed by atoms with Gasteiger partial charge in [0.05, 0.1) is 0 Å². The smallest absolute Gasteiger partial charge is 0.439 e. The van der Waals surface area contributed by atoms with E-state index in [1.54, 1.807) is 18.2 Å². The van der Waals surface area contributed by atoms with Crippen molar-refractivity contribution in [3.8, 4) is 11.6 Å². The molecule has 8 heteroatoms. The number of anilines is 2. The Morgan fingerprint density at radius 3 is 2.48 bits per heavy atom. The highest BCUT2D eigenvalue weighted by Crippen LogP contribution is 2.30. The SMILES string of the molecule is CN(C)c1cccc(Oc2cc(N)nc(C(F)(F)F)n2)c1. The lowest BCUT2D eigenvalue weighted by atomic mass is 10.3. The van der Waals surface area contributed by atoms with E-state index < -0.39 is 12.0 Å². The van der Waals surface area contributed by atoms with Crippen LogP contribution in [0.5, 0.6) is 11.6 Å². The van der Waals surface area contributed by atoms with Crippen molar-refractivity contribution in [3.63, 3.8) is 0 Å². The standard InChI is InChI=1S/C13H13F3N4O/c1-20(2)8-4-3-5-9(6-8)21-11-7-10(17)18-12(19-11)13(14,15)16/h3-7H,1-2H3,(H2,17,18,19). The molecule has 1 aromatic carbocycles. The van der Waals surface area contributed by atoms with Crippen LogP contribution in [0.3, 0.4) is 0 Å². The lowest BCUT2D eigenvalue weighted by molar-refractivity contribution is -0.145. The minimum absolute atomic E-state index is 0.259. The van der Waals surface area contributed by atoms with E-state index in [0.717, 1.165) is 11.8 Å². The molecule has 21 heavy (non-hydrogen) atoms. The van der Waals surface area contributed by atoms with Gasteiger partial charge in [-0.15, -0.1) is 0 Å². The van der Waals surface area contributed by atoms with Gasteiger partial charge in [0.2, 0.25) is 11.7 Å². The fourth-order valence-corrected chi connectivity index (χ4v) is 1.57. The fraction of sp³-hybridized carbons (Fsp3) is 0.231. The van der Waals surface area contributed by atoms with Crippen LogP contribution < -0.4 is 15.4 Å². The molecule has 0 aliphatic carbocycles. The molecule has 0 radical (unpaired) electrons. The maximum absolute atomic E-state index is 12.6. The van der Waals surface area contributed by atoms with Crippen molar-refractivity contribution in [2.75, 3.05) is 24.7 Å². The normalized spacial score (nSPS) is 11.3. The van der Waals surface area contributed by atoms with Crippen LogP contribution in [0.25, 0.3) is 0 Å². The predicted molar refractivity (Wildman–Crippen MR) is 72.3 cm³/mol. The van der Waals surface area contributed by atoms with Crippen molar-refractivity contribution >= 4 is 11.5 Å². The number of halogens is 3. The number of aromatic nitrogens is 2. The minimum atomic E-state index is -4.68. The second kappa shape index (κ2) is 5.47. The van der Waals surface area contributed by atoms with Gasteiger partial charge in [0.15, 0.2) is 0 Å². The summed E-state index contributed by atoms with van der Waals surface area (Å²) in [7, 11) is 3.67. The number of nitrogens with zero attached hydrogens (tertiary/aromatic N) is 3. The molecule has 0 saturated carbocycles. The molecule has 2 N–H and O–H groups in total. The Hall–Kier alpha value is -2.51. The summed E-state index contributed by atoms with van der Waals surface area (Å²) >= 11 is 0. The molecule has 0 saturated heterocycles. The molecule has 5 nitrogen and oxygen atoms in total. The number of hydrogen-bond acceptors (Lipinski definition) is 5. The lowest BCUT2D eigenvalue weighted by Crippen LogP contribution is -2.13. The van der Waals surface area contributed by atoms with Crippen LogP contribution in [0.15, 0.2) is 30.3 Å². The van der Waals surface area contributed by atoms with Gasteiger partial charge in [-0.3, -0.25) is 0 Å². The Kier molecular flexibility index (Phi) is 3.88. The van der Waals surface area contributed by atoms with E-state index in [9.17, 15) is 13.2 Å². The second-order valence-corrected chi connectivity index (χ2v) is 4.45. The van der Waals surface area contributed by atoms with Crippen molar-refractivity contribution in [2.45, 2.75) is 6.18 Å². The van der Waals surface area contributed by atoms with Crippen LogP contribution in [0.4, 0.5) is 24.7 Å². The van der Waals surface area contributed by atoms with E-state index in [4.69, 9.17) is 10.5 Å². The van der Waals surface area contributed by atoms with Gasteiger partial charge in [-0.2, -0.15) is 18.2 Å². The maximum Gasteiger partial charge on any atom is 0.451 e. The number of hydrogen-bond donors (Lipinski definition) is 1. The van der Waals surface area contributed by atoms with Crippen LogP contribution >= 0.6 is 0 Å². The van der Waals surface area contributed by atoms with Crippen LogP contribution in [-0.4, -0.2) is 24.1 Å². The first-order valence-electron chi connectivity index (χ1n) is 5.93. The fourth-order valence-electron chi connectivity index (χ4n) is 1.57. The monoisotopic (exact) mass is 298 g/mol. The Bertz CT molecular complexity index is 644. The van der Waals surface area contributed by atoms with Crippen molar-refractivity contribution in [2.24, 2.45) is 0 Å². The van der Waals surface area contributed by atoms with Gasteiger partial charge < -0.3 is 15.4 Å². The summed E-state index contributed by atoms with van der Waals surface area (Å²) in [5, 5.41) is 0. The first kappa shape index (κ1) is 14.9. The van der Waals surface area contributed by atoms with Gasteiger partial charge in [0.1, 0.15) is 11.6 Å². The molecule has 2 aromatic rings. The maximum atomic E-state index is 12.6. The van der Waals surface area contributed by atoms with Gasteiger partial charge >= 0.3 is 6.18 Å². The molecular weight excluding hydrogens is 285 g/mol. The minimum Gasteiger partial charge on any atom is -0.439 e. The van der Waals surface area contributed by atoms with Gasteiger partial charge in [-0.1, -0.05) is 6.07 Å². The number of rotatable bonds is 3. The van der Waals surface area contributed by atoms with Crippen LogP contribution in [0.1, 0.15) is 5.82 Å². The van der Waals surface area contributed by atoms with Crippen molar-refractivity contribution in [1.29, 1.82) is 0 Å². The van der Waals surface area contributed by atoms with Gasteiger partial charge in [0, 0.05) is 31.9 Å². The number of nitrogen functional groups attached to an aromatic ring is 1. The first-order chi connectivity index (χ1) is 9.75. The molecule has 0 bridgehead atoms. The summed E-state index contributed by atoms with van der Waals surface area (Å²) in [6, 6.07) is 7.98. The molecule has 0 spiro atoms. The third kappa shape index (κ3) is 3.74. The van der Waals surface area contributed by atoms with E-state index in [0.29, 0.717) is 5.75 Å². The molecule has 0 aliphatic rings. The number of nitrogens with two attached hydrogens (primary N) is 1. The molecule has 0 amide bonds. The Labute approximate surface area is 119 Å². The third-order valence-electron chi connectivity index (χ3n) is 2.53. The highest BCUT2D eigenvalue weighted by molar-refractivity contribution is 5.50. The van der Waals surface area contributed by atoms with Crippen LogP contribution in [0.2, 0.25) is 0 Å². The zero-order chi connectivity index (χ0) is 15.6. The van der Waals surface area contributed by atoms with Gasteiger partial charge in [-0.25, -0.2) is 4.98 Å². The van der Waals surface area contributed by atoms with Crippen molar-refractivity contribution in [3.05, 3.63) is 36.2 Å². The summed E-state index contributed by atoms with van der Waals surface area (Å²) in [6.07, 6.45) is -4.68. The average molecular weight is 298 g/mol. The van der Waals surface area contributed by atoms with Crippen molar-refractivity contribution < 1.29 is 17.9 Å². The number of alkyl halides is 3. The molecule has 112 valence electrons. The summed E-state index contributed by atoms with van der Waals surface area (Å²) in [4.78, 5) is 8.30. The Morgan fingerprint density at radius 2 is 1.86 bits per heavy atom. The summed E-state index contributed by atoms with van der Waals surface area (Å²) in [5.41, 5.74) is 6.19. The van der Waals surface area contributed by atoms with Gasteiger partial charge in [-0.05, 0) is 12.1 Å².